The van der Waals surface area contributed by atoms with Crippen molar-refractivity contribution in [3.05, 3.63) is 78.6 Å². The summed E-state index contributed by atoms with van der Waals surface area (Å²) in [5, 5.41) is 13.2. The van der Waals surface area contributed by atoms with Crippen LogP contribution in [0.15, 0.2) is 73.1 Å². The molecule has 2 aromatic carbocycles. The van der Waals surface area contributed by atoms with Crippen LogP contribution in [-0.4, -0.2) is 26.0 Å². The van der Waals surface area contributed by atoms with Crippen molar-refractivity contribution in [3.8, 4) is 11.4 Å². The number of pyridine rings is 1. The molecule has 0 radical (unpaired) electrons. The van der Waals surface area contributed by atoms with Gasteiger partial charge in [-0.3, -0.25) is 4.98 Å². The fraction of sp³-hybridized carbons (Fsp3) is 0. The second-order valence-electron chi connectivity index (χ2n) is 5.66. The first-order chi connectivity index (χ1) is 12.7. The van der Waals surface area contributed by atoms with Crippen LogP contribution in [0, 0.1) is 0 Å². The normalized spacial score (nSPS) is 10.2. The first-order valence-electron chi connectivity index (χ1n) is 7.98. The van der Waals surface area contributed by atoms with E-state index in [0.717, 1.165) is 22.2 Å². The van der Waals surface area contributed by atoms with E-state index >= 15 is 0 Å². The quantitative estimate of drug-likeness (QED) is 0.541. The molecule has 0 unspecified atom stereocenters. The fourth-order valence-corrected chi connectivity index (χ4v) is 2.63. The highest BCUT2D eigenvalue weighted by Crippen LogP contribution is 2.27. The highest BCUT2D eigenvalue weighted by atomic mass is 35.5. The lowest BCUT2D eigenvalue weighted by molar-refractivity contribution is 0.0697. The van der Waals surface area contributed by atoms with Crippen LogP contribution in [0.2, 0.25) is 0 Å². The van der Waals surface area contributed by atoms with Gasteiger partial charge in [0.1, 0.15) is 5.82 Å². The molecule has 0 spiro atoms. The maximum absolute atomic E-state index is 11.0. The number of para-hydroxylation sites is 1. The van der Waals surface area contributed by atoms with Crippen LogP contribution >= 0.6 is 12.4 Å². The lowest BCUT2D eigenvalue weighted by atomic mass is 10.2. The number of aromatic carboxylic acids is 1. The SMILES string of the molecule is Cl.O=C(O)c1ccc(Nc2nc(-c3ccncc3)nc3ccccc23)cc1. The predicted molar refractivity (Wildman–Crippen MR) is 107 cm³/mol. The van der Waals surface area contributed by atoms with Gasteiger partial charge in [-0.1, -0.05) is 12.1 Å². The van der Waals surface area contributed by atoms with E-state index in [2.05, 4.69) is 20.3 Å². The van der Waals surface area contributed by atoms with Gasteiger partial charge in [-0.15, -0.1) is 12.4 Å². The van der Waals surface area contributed by atoms with E-state index in [4.69, 9.17) is 5.11 Å². The van der Waals surface area contributed by atoms with Crippen LogP contribution in [0.3, 0.4) is 0 Å². The van der Waals surface area contributed by atoms with Crippen molar-refractivity contribution in [2.75, 3.05) is 5.32 Å². The highest BCUT2D eigenvalue weighted by Gasteiger charge is 2.10. The molecule has 2 N–H and O–H groups in total. The molecular weight excluding hydrogens is 364 g/mol. The maximum atomic E-state index is 11.0. The smallest absolute Gasteiger partial charge is 0.335 e. The Bertz CT molecular complexity index is 1090. The topological polar surface area (TPSA) is 88.0 Å². The van der Waals surface area contributed by atoms with Gasteiger partial charge in [-0.25, -0.2) is 14.8 Å². The summed E-state index contributed by atoms with van der Waals surface area (Å²) < 4.78 is 0. The Morgan fingerprint density at radius 3 is 2.30 bits per heavy atom. The van der Waals surface area contributed by atoms with Crippen LogP contribution in [-0.2, 0) is 0 Å². The fourth-order valence-electron chi connectivity index (χ4n) is 2.63. The molecule has 0 aliphatic heterocycles. The van der Waals surface area contributed by atoms with Crippen LogP contribution in [0.4, 0.5) is 11.5 Å². The second-order valence-corrected chi connectivity index (χ2v) is 5.66. The van der Waals surface area contributed by atoms with E-state index < -0.39 is 5.97 Å². The van der Waals surface area contributed by atoms with E-state index in [-0.39, 0.29) is 18.0 Å². The molecule has 0 atom stereocenters. The van der Waals surface area contributed by atoms with Crippen molar-refractivity contribution in [1.29, 1.82) is 0 Å². The van der Waals surface area contributed by atoms with Crippen LogP contribution in [0.1, 0.15) is 10.4 Å². The second kappa shape index (κ2) is 7.80. The number of hydrogen-bond acceptors (Lipinski definition) is 5. The van der Waals surface area contributed by atoms with Gasteiger partial charge in [0.2, 0.25) is 0 Å². The molecule has 2 heterocycles. The van der Waals surface area contributed by atoms with Crippen LogP contribution in [0.25, 0.3) is 22.3 Å². The summed E-state index contributed by atoms with van der Waals surface area (Å²) in [6.07, 6.45) is 3.40. The Morgan fingerprint density at radius 2 is 1.59 bits per heavy atom. The number of carboxylic acid groups (broad SMARTS) is 1. The zero-order valence-electron chi connectivity index (χ0n) is 14.0. The van der Waals surface area contributed by atoms with Crippen molar-refractivity contribution in [3.63, 3.8) is 0 Å². The van der Waals surface area contributed by atoms with Crippen molar-refractivity contribution in [2.45, 2.75) is 0 Å². The number of carboxylic acids is 1. The van der Waals surface area contributed by atoms with Gasteiger partial charge in [-0.05, 0) is 48.5 Å². The molecule has 0 saturated carbocycles. The third-order valence-electron chi connectivity index (χ3n) is 3.94. The molecule has 4 aromatic rings. The van der Waals surface area contributed by atoms with Gasteiger partial charge >= 0.3 is 5.97 Å². The molecule has 134 valence electrons. The molecule has 27 heavy (non-hydrogen) atoms. The molecule has 2 aromatic heterocycles. The summed E-state index contributed by atoms with van der Waals surface area (Å²) in [7, 11) is 0. The first-order valence-corrected chi connectivity index (χ1v) is 7.98. The Kier molecular flexibility index (Phi) is 5.28. The summed E-state index contributed by atoms with van der Waals surface area (Å²) >= 11 is 0. The van der Waals surface area contributed by atoms with Crippen LogP contribution in [0.5, 0.6) is 0 Å². The van der Waals surface area contributed by atoms with Crippen LogP contribution < -0.4 is 5.32 Å². The lowest BCUT2D eigenvalue weighted by Crippen LogP contribution is -2.00. The zero-order valence-corrected chi connectivity index (χ0v) is 14.9. The number of halogens is 1. The number of nitrogens with one attached hydrogen (secondary N) is 1. The van der Waals surface area contributed by atoms with Crippen molar-refractivity contribution >= 4 is 40.8 Å². The minimum absolute atomic E-state index is 0. The molecule has 6 nitrogen and oxygen atoms in total. The highest BCUT2D eigenvalue weighted by molar-refractivity contribution is 5.92. The molecule has 4 rings (SSSR count). The van der Waals surface area contributed by atoms with E-state index in [0.29, 0.717) is 11.6 Å². The third kappa shape index (κ3) is 3.86. The number of hydrogen-bond donors (Lipinski definition) is 2. The predicted octanol–water partition coefficient (Wildman–Crippen LogP) is 4.56. The minimum atomic E-state index is -0.955. The van der Waals surface area contributed by atoms with Gasteiger partial charge in [0, 0.05) is 29.0 Å². The summed E-state index contributed by atoms with van der Waals surface area (Å²) in [5.74, 6) is 0.297. The summed E-state index contributed by atoms with van der Waals surface area (Å²) in [6, 6.07) is 18.0. The lowest BCUT2D eigenvalue weighted by Gasteiger charge is -2.11. The van der Waals surface area contributed by atoms with Gasteiger partial charge in [0.25, 0.3) is 0 Å². The first kappa shape index (κ1) is 18.3. The van der Waals surface area contributed by atoms with Gasteiger partial charge in [0.15, 0.2) is 5.82 Å². The monoisotopic (exact) mass is 378 g/mol. The Labute approximate surface area is 161 Å². The van der Waals surface area contributed by atoms with E-state index in [9.17, 15) is 4.79 Å². The molecule has 0 amide bonds. The molecule has 0 bridgehead atoms. The maximum Gasteiger partial charge on any atom is 0.335 e. The number of fused-ring (bicyclic) bond motifs is 1. The summed E-state index contributed by atoms with van der Waals surface area (Å²) in [4.78, 5) is 24.3. The molecule has 0 saturated heterocycles. The summed E-state index contributed by atoms with van der Waals surface area (Å²) in [5.41, 5.74) is 2.68. The number of rotatable bonds is 4. The zero-order chi connectivity index (χ0) is 17.9. The summed E-state index contributed by atoms with van der Waals surface area (Å²) in [6.45, 7) is 0. The largest absolute Gasteiger partial charge is 0.478 e. The molecular formula is C20H15ClN4O2. The van der Waals surface area contributed by atoms with Crippen molar-refractivity contribution in [1.82, 2.24) is 15.0 Å². The minimum Gasteiger partial charge on any atom is -0.478 e. The number of anilines is 2. The molecule has 7 heteroatoms. The number of nitrogens with zero attached hydrogens (tertiary/aromatic N) is 3. The molecule has 0 aliphatic rings. The number of carbonyl (C=O) groups is 1. The average molecular weight is 379 g/mol. The number of aromatic nitrogens is 3. The van der Waals surface area contributed by atoms with Gasteiger partial charge in [-0.2, -0.15) is 0 Å². The van der Waals surface area contributed by atoms with Gasteiger partial charge in [0.05, 0.1) is 11.1 Å². The van der Waals surface area contributed by atoms with Crippen molar-refractivity contribution in [2.24, 2.45) is 0 Å². The Balaban J connectivity index is 0.00000210. The Hall–Kier alpha value is -3.51. The van der Waals surface area contributed by atoms with E-state index in [1.54, 1.807) is 36.7 Å². The Morgan fingerprint density at radius 1 is 0.889 bits per heavy atom. The molecule has 0 aliphatic carbocycles. The standard InChI is InChI=1S/C20H14N4O2.ClH/c25-20(26)14-5-7-15(8-6-14)22-19-16-3-1-2-4-17(16)23-18(24-19)13-9-11-21-12-10-13;/h1-12H,(H,25,26)(H,22,23,24);1H. The molecule has 0 fully saturated rings. The van der Waals surface area contributed by atoms with E-state index in [1.807, 2.05) is 36.4 Å². The average Bonchev–Trinajstić information content (AvgIpc) is 2.69. The number of benzene rings is 2. The van der Waals surface area contributed by atoms with E-state index in [1.165, 1.54) is 0 Å². The van der Waals surface area contributed by atoms with Crippen molar-refractivity contribution < 1.29 is 9.90 Å². The van der Waals surface area contributed by atoms with Gasteiger partial charge < -0.3 is 10.4 Å². The third-order valence-corrected chi connectivity index (χ3v) is 3.94.